The van der Waals surface area contributed by atoms with Gasteiger partial charge in [0.1, 0.15) is 5.75 Å². The zero-order valence-corrected chi connectivity index (χ0v) is 17.6. The standard InChI is InChI=1S/C24H23ClN2O3/c1-16-14-19(25)12-13-22(16)30-15-23(28)27-21-11-7-6-10-20(21)24(29)26-17(2)18-8-4-3-5-9-18/h3-14,17H,15H2,1-2H3,(H,26,29)(H,27,28)/t17-/m1/s1. The van der Waals surface area contributed by atoms with Crippen molar-refractivity contribution in [3.63, 3.8) is 0 Å². The number of nitrogens with one attached hydrogen (secondary N) is 2. The molecule has 0 saturated carbocycles. The maximum Gasteiger partial charge on any atom is 0.262 e. The van der Waals surface area contributed by atoms with Crippen molar-refractivity contribution in [3.8, 4) is 5.75 Å². The number of ether oxygens (including phenoxy) is 1. The summed E-state index contributed by atoms with van der Waals surface area (Å²) in [5.74, 6) is -0.0466. The molecule has 154 valence electrons. The summed E-state index contributed by atoms with van der Waals surface area (Å²) in [6.07, 6.45) is 0. The van der Waals surface area contributed by atoms with E-state index in [1.807, 2.05) is 44.2 Å². The lowest BCUT2D eigenvalue weighted by molar-refractivity contribution is -0.118. The Morgan fingerprint density at radius 3 is 2.43 bits per heavy atom. The van der Waals surface area contributed by atoms with Crippen LogP contribution in [0.2, 0.25) is 5.02 Å². The Bertz CT molecular complexity index is 1040. The van der Waals surface area contributed by atoms with Crippen LogP contribution in [0.4, 0.5) is 5.69 Å². The summed E-state index contributed by atoms with van der Waals surface area (Å²) in [4.78, 5) is 25.2. The summed E-state index contributed by atoms with van der Waals surface area (Å²) in [5.41, 5.74) is 2.65. The zero-order chi connectivity index (χ0) is 21.5. The van der Waals surface area contributed by atoms with Gasteiger partial charge in [-0.25, -0.2) is 0 Å². The second-order valence-electron chi connectivity index (χ2n) is 6.90. The van der Waals surface area contributed by atoms with E-state index in [1.54, 1.807) is 42.5 Å². The van der Waals surface area contributed by atoms with Crippen molar-refractivity contribution in [2.24, 2.45) is 0 Å². The first-order chi connectivity index (χ1) is 14.4. The zero-order valence-electron chi connectivity index (χ0n) is 16.8. The summed E-state index contributed by atoms with van der Waals surface area (Å²) in [6.45, 7) is 3.59. The number of amides is 2. The fourth-order valence-electron chi connectivity index (χ4n) is 2.99. The molecule has 0 saturated heterocycles. The third kappa shape index (κ3) is 5.61. The monoisotopic (exact) mass is 422 g/mol. The van der Waals surface area contributed by atoms with Gasteiger partial charge in [0, 0.05) is 5.02 Å². The Morgan fingerprint density at radius 2 is 1.70 bits per heavy atom. The molecule has 0 spiro atoms. The molecule has 0 aromatic heterocycles. The molecule has 0 radical (unpaired) electrons. The second-order valence-corrected chi connectivity index (χ2v) is 7.33. The molecule has 3 rings (SSSR count). The maximum absolute atomic E-state index is 12.8. The Labute approximate surface area is 181 Å². The van der Waals surface area contributed by atoms with Crippen LogP contribution in [-0.4, -0.2) is 18.4 Å². The van der Waals surface area contributed by atoms with Crippen molar-refractivity contribution in [3.05, 3.63) is 94.5 Å². The van der Waals surface area contributed by atoms with E-state index in [0.29, 0.717) is 22.0 Å². The Balaban J connectivity index is 1.64. The average Bonchev–Trinajstić information content (AvgIpc) is 2.74. The average molecular weight is 423 g/mol. The molecule has 30 heavy (non-hydrogen) atoms. The third-order valence-corrected chi connectivity index (χ3v) is 4.82. The van der Waals surface area contributed by atoms with Crippen molar-refractivity contribution >= 4 is 29.1 Å². The van der Waals surface area contributed by atoms with E-state index in [1.165, 1.54) is 0 Å². The number of benzene rings is 3. The van der Waals surface area contributed by atoms with Crippen molar-refractivity contribution < 1.29 is 14.3 Å². The van der Waals surface area contributed by atoms with E-state index >= 15 is 0 Å². The first-order valence-electron chi connectivity index (χ1n) is 9.57. The van der Waals surface area contributed by atoms with Gasteiger partial charge in [0.15, 0.2) is 6.61 Å². The highest BCUT2D eigenvalue weighted by Crippen LogP contribution is 2.22. The molecular weight excluding hydrogens is 400 g/mol. The molecule has 0 aliphatic rings. The van der Waals surface area contributed by atoms with Gasteiger partial charge >= 0.3 is 0 Å². The van der Waals surface area contributed by atoms with E-state index in [2.05, 4.69) is 10.6 Å². The number of aryl methyl sites for hydroxylation is 1. The molecule has 6 heteroatoms. The van der Waals surface area contributed by atoms with Crippen LogP contribution < -0.4 is 15.4 Å². The highest BCUT2D eigenvalue weighted by Gasteiger charge is 2.16. The molecule has 1 atom stereocenters. The number of halogens is 1. The molecule has 3 aromatic rings. The van der Waals surface area contributed by atoms with Gasteiger partial charge in [-0.1, -0.05) is 54.1 Å². The number of anilines is 1. The van der Waals surface area contributed by atoms with E-state index in [4.69, 9.17) is 16.3 Å². The van der Waals surface area contributed by atoms with Crippen LogP contribution >= 0.6 is 11.6 Å². The minimum atomic E-state index is -0.360. The van der Waals surface area contributed by atoms with Crippen LogP contribution in [0.25, 0.3) is 0 Å². The first kappa shape index (κ1) is 21.4. The van der Waals surface area contributed by atoms with Crippen molar-refractivity contribution in [2.45, 2.75) is 19.9 Å². The van der Waals surface area contributed by atoms with Gasteiger partial charge < -0.3 is 15.4 Å². The van der Waals surface area contributed by atoms with Gasteiger partial charge in [-0.3, -0.25) is 9.59 Å². The molecule has 5 nitrogen and oxygen atoms in total. The van der Waals surface area contributed by atoms with Gasteiger partial charge in [0.2, 0.25) is 0 Å². The number of carbonyl (C=O) groups excluding carboxylic acids is 2. The minimum Gasteiger partial charge on any atom is -0.483 e. The summed E-state index contributed by atoms with van der Waals surface area (Å²) in [5, 5.41) is 6.32. The van der Waals surface area contributed by atoms with Crippen molar-refractivity contribution in [1.29, 1.82) is 0 Å². The van der Waals surface area contributed by atoms with E-state index < -0.39 is 0 Å². The highest BCUT2D eigenvalue weighted by atomic mass is 35.5. The second kappa shape index (κ2) is 9.94. The minimum absolute atomic E-state index is 0.168. The molecule has 0 bridgehead atoms. The lowest BCUT2D eigenvalue weighted by Gasteiger charge is -2.16. The van der Waals surface area contributed by atoms with Crippen LogP contribution in [0.3, 0.4) is 0 Å². The largest absolute Gasteiger partial charge is 0.483 e. The molecule has 2 amide bonds. The van der Waals surface area contributed by atoms with Gasteiger partial charge in [-0.05, 0) is 55.3 Å². The molecule has 3 aromatic carbocycles. The Hall–Kier alpha value is -3.31. The Morgan fingerprint density at radius 1 is 1.00 bits per heavy atom. The third-order valence-electron chi connectivity index (χ3n) is 4.59. The summed E-state index contributed by atoms with van der Waals surface area (Å²) in [6, 6.07) is 21.6. The molecule has 0 unspecified atom stereocenters. The number of hydrogen-bond donors (Lipinski definition) is 2. The summed E-state index contributed by atoms with van der Waals surface area (Å²) >= 11 is 5.94. The van der Waals surface area contributed by atoms with Gasteiger partial charge in [-0.15, -0.1) is 0 Å². The van der Waals surface area contributed by atoms with Crippen molar-refractivity contribution in [1.82, 2.24) is 5.32 Å². The van der Waals surface area contributed by atoms with Crippen LogP contribution in [0.15, 0.2) is 72.8 Å². The first-order valence-corrected chi connectivity index (χ1v) is 9.95. The van der Waals surface area contributed by atoms with Crippen LogP contribution in [0, 0.1) is 6.92 Å². The normalized spacial score (nSPS) is 11.4. The number of rotatable bonds is 7. The molecular formula is C24H23ClN2O3. The predicted molar refractivity (Wildman–Crippen MR) is 119 cm³/mol. The lowest BCUT2D eigenvalue weighted by Crippen LogP contribution is -2.28. The number of hydrogen-bond acceptors (Lipinski definition) is 3. The molecule has 0 fully saturated rings. The van der Waals surface area contributed by atoms with Gasteiger partial charge in [0.25, 0.3) is 11.8 Å². The topological polar surface area (TPSA) is 67.4 Å². The van der Waals surface area contributed by atoms with Crippen LogP contribution in [0.5, 0.6) is 5.75 Å². The Kier molecular flexibility index (Phi) is 7.09. The van der Waals surface area contributed by atoms with E-state index in [9.17, 15) is 9.59 Å². The van der Waals surface area contributed by atoms with Crippen LogP contribution in [-0.2, 0) is 4.79 Å². The SMILES string of the molecule is Cc1cc(Cl)ccc1OCC(=O)Nc1ccccc1C(=O)N[C@H](C)c1ccccc1. The lowest BCUT2D eigenvalue weighted by atomic mass is 10.1. The van der Waals surface area contributed by atoms with E-state index in [0.717, 1.165) is 11.1 Å². The smallest absolute Gasteiger partial charge is 0.262 e. The molecule has 0 aliphatic heterocycles. The van der Waals surface area contributed by atoms with Crippen molar-refractivity contribution in [2.75, 3.05) is 11.9 Å². The molecule has 2 N–H and O–H groups in total. The highest BCUT2D eigenvalue weighted by molar-refractivity contribution is 6.30. The number of carbonyl (C=O) groups is 2. The van der Waals surface area contributed by atoms with Gasteiger partial charge in [0.05, 0.1) is 17.3 Å². The molecule has 0 heterocycles. The van der Waals surface area contributed by atoms with Crippen LogP contribution in [0.1, 0.15) is 34.5 Å². The van der Waals surface area contributed by atoms with Gasteiger partial charge in [-0.2, -0.15) is 0 Å². The number of para-hydroxylation sites is 1. The summed E-state index contributed by atoms with van der Waals surface area (Å²) in [7, 11) is 0. The maximum atomic E-state index is 12.8. The fourth-order valence-corrected chi connectivity index (χ4v) is 3.22. The van der Waals surface area contributed by atoms with E-state index in [-0.39, 0.29) is 24.5 Å². The quantitative estimate of drug-likeness (QED) is 0.552. The predicted octanol–water partition coefficient (Wildman–Crippen LogP) is 5.16. The fraction of sp³-hybridized carbons (Fsp3) is 0.167. The summed E-state index contributed by atoms with van der Waals surface area (Å²) < 4.78 is 5.58. The molecule has 0 aliphatic carbocycles.